The molecule has 0 radical (unpaired) electrons. The van der Waals surface area contributed by atoms with E-state index in [1.807, 2.05) is 0 Å². The van der Waals surface area contributed by atoms with Crippen molar-refractivity contribution in [3.05, 3.63) is 151 Å². The second-order valence-corrected chi connectivity index (χ2v) is 17.4. The summed E-state index contributed by atoms with van der Waals surface area (Å²) >= 11 is 0. The number of alkyl halides is 3. The molecule has 6 rings (SSSR count). The van der Waals surface area contributed by atoms with Crippen LogP contribution in [0, 0.1) is 0 Å². The molecule has 0 saturated carbocycles. The number of anilines is 2. The van der Waals surface area contributed by atoms with E-state index in [2.05, 4.69) is 14.2 Å². The molecule has 0 aromatic heterocycles. The maximum atomic E-state index is 12.7. The minimum Gasteiger partial charge on any atom is -0.493 e. The van der Waals surface area contributed by atoms with Crippen LogP contribution in [0.4, 0.5) is 24.5 Å². The number of carbonyl (C=O) groups is 2. The van der Waals surface area contributed by atoms with E-state index >= 15 is 0 Å². The van der Waals surface area contributed by atoms with Gasteiger partial charge in [0.25, 0.3) is 20.0 Å². The van der Waals surface area contributed by atoms with E-state index in [4.69, 9.17) is 38.6 Å². The number of carboxylic acid groups (broad SMARTS) is 2. The SMILES string of the molecule is COc1ccc(S(=O)(=O)Nc2ccc(OCCOc3ccccc3CC(=O)O)cc2)cc1OC.O=C(O)Cc1ccccc1OCCOc1ccc(NS(=O)(=O)c2ccc(OC(F)(F)F)cc2)cc1. The average molecular weight is 999 g/mol. The summed E-state index contributed by atoms with van der Waals surface area (Å²) < 4.78 is 128. The van der Waals surface area contributed by atoms with Gasteiger partial charge in [0, 0.05) is 28.6 Å². The van der Waals surface area contributed by atoms with Crippen LogP contribution in [-0.2, 0) is 42.5 Å². The number of nitrogens with one attached hydrogen (secondary N) is 2. The van der Waals surface area contributed by atoms with Gasteiger partial charge in [0.15, 0.2) is 11.5 Å². The van der Waals surface area contributed by atoms with Crippen LogP contribution in [0.3, 0.4) is 0 Å². The molecule has 0 heterocycles. The Labute approximate surface area is 395 Å². The Morgan fingerprint density at radius 3 is 1.30 bits per heavy atom. The summed E-state index contributed by atoms with van der Waals surface area (Å²) in [5, 5.41) is 17.9. The zero-order valence-corrected chi connectivity index (χ0v) is 38.3. The summed E-state index contributed by atoms with van der Waals surface area (Å²) in [5.41, 5.74) is 1.70. The van der Waals surface area contributed by atoms with Crippen molar-refractivity contribution in [3.63, 3.8) is 0 Å². The van der Waals surface area contributed by atoms with Crippen LogP contribution >= 0.6 is 0 Å². The number of rotatable bonds is 23. The standard InChI is InChI=1S/C24H25NO8S.C23H20F3NO7S/c1-30-22-12-11-20(16-23(22)31-2)34(28,29)25-18-7-9-19(10-8-18)32-13-14-33-21-6-4-3-5-17(21)15-24(26)27;24-23(25,26)34-19-9-11-20(12-10-19)35(30,31)27-17-5-7-18(8-6-17)32-13-14-33-21-4-2-1-3-16(21)15-22(28)29/h3-12,16,25H,13-15H2,1-2H3,(H,26,27);1-12,27H,13-15H2,(H,28,29). The summed E-state index contributed by atoms with van der Waals surface area (Å²) in [6.45, 7) is 0.736. The van der Waals surface area contributed by atoms with Crippen molar-refractivity contribution in [3.8, 4) is 40.2 Å². The van der Waals surface area contributed by atoms with Crippen LogP contribution in [0.15, 0.2) is 149 Å². The summed E-state index contributed by atoms with van der Waals surface area (Å²) in [6.07, 6.45) is -5.17. The Morgan fingerprint density at radius 1 is 0.493 bits per heavy atom. The number of hydrogen-bond acceptors (Lipinski definition) is 13. The van der Waals surface area contributed by atoms with E-state index in [1.54, 1.807) is 72.8 Å². The predicted molar refractivity (Wildman–Crippen MR) is 245 cm³/mol. The zero-order valence-electron chi connectivity index (χ0n) is 36.7. The molecule has 4 N–H and O–H groups in total. The molecule has 0 amide bonds. The Bertz CT molecular complexity index is 2870. The van der Waals surface area contributed by atoms with Gasteiger partial charge >= 0.3 is 18.3 Å². The van der Waals surface area contributed by atoms with E-state index < -0.39 is 44.1 Å². The molecular weight excluding hydrogens is 954 g/mol. The van der Waals surface area contributed by atoms with E-state index in [-0.39, 0.29) is 54.7 Å². The van der Waals surface area contributed by atoms with E-state index in [9.17, 15) is 39.6 Å². The van der Waals surface area contributed by atoms with Crippen LogP contribution in [0.2, 0.25) is 0 Å². The van der Waals surface area contributed by atoms with Crippen LogP contribution < -0.4 is 42.6 Å². The monoisotopic (exact) mass is 998 g/mol. The third-order valence-electron chi connectivity index (χ3n) is 9.09. The number of methoxy groups -OCH3 is 2. The first-order chi connectivity index (χ1) is 32.8. The van der Waals surface area contributed by atoms with Gasteiger partial charge in [0.2, 0.25) is 0 Å². The number of benzene rings is 6. The number of halogens is 3. The van der Waals surface area contributed by atoms with E-state index in [0.29, 0.717) is 51.3 Å². The summed E-state index contributed by atoms with van der Waals surface area (Å²) in [5.74, 6) is 0.191. The van der Waals surface area contributed by atoms with Crippen molar-refractivity contribution in [2.24, 2.45) is 0 Å². The lowest BCUT2D eigenvalue weighted by Crippen LogP contribution is -2.17. The Hall–Kier alpha value is -7.85. The van der Waals surface area contributed by atoms with Gasteiger partial charge in [-0.1, -0.05) is 36.4 Å². The molecule has 366 valence electrons. The molecule has 0 spiro atoms. The second kappa shape index (κ2) is 24.3. The average Bonchev–Trinajstić information content (AvgIpc) is 3.30. The molecule has 0 bridgehead atoms. The third kappa shape index (κ3) is 16.8. The highest BCUT2D eigenvalue weighted by Gasteiger charge is 2.31. The van der Waals surface area contributed by atoms with Gasteiger partial charge in [-0.3, -0.25) is 19.0 Å². The molecule has 0 aliphatic heterocycles. The molecule has 17 nitrogen and oxygen atoms in total. The number of sulfonamides is 2. The zero-order chi connectivity index (χ0) is 50.0. The first kappa shape index (κ1) is 52.1. The van der Waals surface area contributed by atoms with Crippen LogP contribution in [0.5, 0.6) is 40.2 Å². The lowest BCUT2D eigenvalue weighted by Gasteiger charge is -2.13. The summed E-state index contributed by atoms with van der Waals surface area (Å²) in [6, 6.07) is 34.2. The van der Waals surface area contributed by atoms with Crippen molar-refractivity contribution < 1.29 is 83.0 Å². The van der Waals surface area contributed by atoms with E-state index in [0.717, 1.165) is 24.3 Å². The second-order valence-electron chi connectivity index (χ2n) is 14.0. The largest absolute Gasteiger partial charge is 0.573 e. The minimum atomic E-state index is -4.88. The topological polar surface area (TPSA) is 232 Å². The quantitative estimate of drug-likeness (QED) is 0.0445. The highest BCUT2D eigenvalue weighted by molar-refractivity contribution is 7.93. The first-order valence-corrected chi connectivity index (χ1v) is 23.2. The maximum absolute atomic E-state index is 12.7. The van der Waals surface area contributed by atoms with Gasteiger partial charge < -0.3 is 43.4 Å². The Balaban J connectivity index is 0.000000258. The predicted octanol–water partition coefficient (Wildman–Crippen LogP) is 8.06. The highest BCUT2D eigenvalue weighted by atomic mass is 32.2. The Kier molecular flexibility index (Phi) is 18.3. The molecule has 69 heavy (non-hydrogen) atoms. The number of hydrogen-bond donors (Lipinski definition) is 4. The molecule has 0 aliphatic rings. The number of ether oxygens (including phenoxy) is 7. The molecule has 0 aliphatic carbocycles. The fourth-order valence-electron chi connectivity index (χ4n) is 6.00. The van der Waals surface area contributed by atoms with Gasteiger partial charge in [-0.05, 0) is 97.1 Å². The van der Waals surface area contributed by atoms with Crippen LogP contribution in [0.25, 0.3) is 0 Å². The van der Waals surface area contributed by atoms with Crippen LogP contribution in [0.1, 0.15) is 11.1 Å². The Morgan fingerprint density at radius 2 is 0.884 bits per heavy atom. The molecule has 0 atom stereocenters. The van der Waals surface area contributed by atoms with Crippen molar-refractivity contribution >= 4 is 43.4 Å². The van der Waals surface area contributed by atoms with Crippen molar-refractivity contribution in [1.29, 1.82) is 0 Å². The molecule has 22 heteroatoms. The van der Waals surface area contributed by atoms with Gasteiger partial charge in [-0.25, -0.2) is 16.8 Å². The first-order valence-electron chi connectivity index (χ1n) is 20.3. The number of carboxylic acids is 2. The molecule has 6 aromatic rings. The molecule has 0 saturated heterocycles. The van der Waals surface area contributed by atoms with Crippen LogP contribution in [-0.4, -0.2) is 86.0 Å². The minimum absolute atomic E-state index is 0.0332. The van der Waals surface area contributed by atoms with Gasteiger partial charge in [-0.15, -0.1) is 13.2 Å². The third-order valence-corrected chi connectivity index (χ3v) is 11.9. The lowest BCUT2D eigenvalue weighted by atomic mass is 10.1. The van der Waals surface area contributed by atoms with Crippen molar-refractivity contribution in [1.82, 2.24) is 0 Å². The van der Waals surface area contributed by atoms with Crippen molar-refractivity contribution in [2.75, 3.05) is 50.1 Å². The lowest BCUT2D eigenvalue weighted by molar-refractivity contribution is -0.274. The van der Waals surface area contributed by atoms with Crippen molar-refractivity contribution in [2.45, 2.75) is 29.0 Å². The van der Waals surface area contributed by atoms with Gasteiger partial charge in [-0.2, -0.15) is 0 Å². The summed E-state index contributed by atoms with van der Waals surface area (Å²) in [7, 11) is -4.98. The summed E-state index contributed by atoms with van der Waals surface area (Å²) in [4.78, 5) is 21.7. The van der Waals surface area contributed by atoms with Gasteiger partial charge in [0.05, 0.1) is 36.9 Å². The fourth-order valence-corrected chi connectivity index (χ4v) is 8.13. The van der Waals surface area contributed by atoms with E-state index in [1.165, 1.54) is 56.7 Å². The number of para-hydroxylation sites is 2. The highest BCUT2D eigenvalue weighted by Crippen LogP contribution is 2.31. The molecule has 0 unspecified atom stereocenters. The normalized spacial score (nSPS) is 11.2. The smallest absolute Gasteiger partial charge is 0.493 e. The molecule has 0 fully saturated rings. The van der Waals surface area contributed by atoms with Gasteiger partial charge in [0.1, 0.15) is 55.2 Å². The maximum Gasteiger partial charge on any atom is 0.573 e. The fraction of sp³-hybridized carbons (Fsp3) is 0.191. The molecular formula is C47H45F3N2O15S2. The number of aliphatic carboxylic acids is 2. The molecule has 6 aromatic carbocycles.